The van der Waals surface area contributed by atoms with E-state index < -0.39 is 0 Å². The van der Waals surface area contributed by atoms with Crippen molar-refractivity contribution in [3.63, 3.8) is 0 Å². The SMILES string of the molecule is CCOCCO/C(=N\C(C)C)NC(C)C. The maximum atomic E-state index is 5.48. The van der Waals surface area contributed by atoms with Crippen LogP contribution in [-0.4, -0.2) is 37.9 Å². The van der Waals surface area contributed by atoms with Crippen LogP contribution in [0.5, 0.6) is 0 Å². The molecule has 0 aromatic rings. The van der Waals surface area contributed by atoms with Gasteiger partial charge in [-0.3, -0.25) is 0 Å². The molecule has 0 aromatic carbocycles. The first-order valence-electron chi connectivity index (χ1n) is 5.61. The monoisotopic (exact) mass is 216 g/mol. The van der Waals surface area contributed by atoms with Gasteiger partial charge in [0.2, 0.25) is 0 Å². The molecule has 0 saturated heterocycles. The summed E-state index contributed by atoms with van der Waals surface area (Å²) < 4.78 is 10.7. The second-order valence-electron chi connectivity index (χ2n) is 3.87. The van der Waals surface area contributed by atoms with Gasteiger partial charge in [-0.1, -0.05) is 0 Å². The third-order valence-electron chi connectivity index (χ3n) is 1.46. The molecule has 0 aromatic heterocycles. The maximum Gasteiger partial charge on any atom is 0.285 e. The topological polar surface area (TPSA) is 42.9 Å². The smallest absolute Gasteiger partial charge is 0.285 e. The fraction of sp³-hybridized carbons (Fsp3) is 0.909. The molecule has 0 aliphatic rings. The van der Waals surface area contributed by atoms with Crippen molar-refractivity contribution < 1.29 is 9.47 Å². The van der Waals surface area contributed by atoms with Crippen LogP contribution in [0.3, 0.4) is 0 Å². The molecule has 1 N–H and O–H groups in total. The van der Waals surface area contributed by atoms with Crippen molar-refractivity contribution in [1.29, 1.82) is 0 Å². The summed E-state index contributed by atoms with van der Waals surface area (Å²) >= 11 is 0. The van der Waals surface area contributed by atoms with Crippen molar-refractivity contribution in [1.82, 2.24) is 5.32 Å². The zero-order valence-corrected chi connectivity index (χ0v) is 10.5. The minimum atomic E-state index is 0.235. The molecule has 0 amide bonds. The van der Waals surface area contributed by atoms with Crippen molar-refractivity contribution >= 4 is 6.02 Å². The predicted molar refractivity (Wildman–Crippen MR) is 63.3 cm³/mol. The number of hydrogen-bond donors (Lipinski definition) is 1. The molecule has 0 radical (unpaired) electrons. The minimum Gasteiger partial charge on any atom is -0.463 e. The van der Waals surface area contributed by atoms with Gasteiger partial charge >= 0.3 is 0 Å². The third kappa shape index (κ3) is 9.53. The van der Waals surface area contributed by atoms with Gasteiger partial charge in [-0.15, -0.1) is 0 Å². The molecule has 4 heteroatoms. The average Bonchev–Trinajstić information content (AvgIpc) is 2.10. The summed E-state index contributed by atoms with van der Waals surface area (Å²) in [5.41, 5.74) is 0. The maximum absolute atomic E-state index is 5.48. The second-order valence-corrected chi connectivity index (χ2v) is 3.87. The van der Waals surface area contributed by atoms with E-state index in [0.29, 0.717) is 25.3 Å². The molecule has 0 rings (SSSR count). The number of amidine groups is 1. The lowest BCUT2D eigenvalue weighted by Gasteiger charge is -2.14. The highest BCUT2D eigenvalue weighted by Crippen LogP contribution is 1.91. The van der Waals surface area contributed by atoms with E-state index in [4.69, 9.17) is 9.47 Å². The zero-order valence-electron chi connectivity index (χ0n) is 10.5. The van der Waals surface area contributed by atoms with Crippen LogP contribution in [0.2, 0.25) is 0 Å². The van der Waals surface area contributed by atoms with Gasteiger partial charge in [0.25, 0.3) is 6.02 Å². The first kappa shape index (κ1) is 14.2. The molecule has 0 heterocycles. The van der Waals surface area contributed by atoms with Crippen molar-refractivity contribution in [3.05, 3.63) is 0 Å². The van der Waals surface area contributed by atoms with Gasteiger partial charge in [-0.05, 0) is 34.6 Å². The Balaban J connectivity index is 3.91. The highest BCUT2D eigenvalue weighted by molar-refractivity contribution is 5.73. The van der Waals surface area contributed by atoms with Gasteiger partial charge in [0.15, 0.2) is 0 Å². The second kappa shape index (κ2) is 8.53. The Bertz CT molecular complexity index is 179. The Kier molecular flexibility index (Phi) is 8.09. The summed E-state index contributed by atoms with van der Waals surface area (Å²) in [6.07, 6.45) is 0. The zero-order chi connectivity index (χ0) is 11.7. The van der Waals surface area contributed by atoms with E-state index in [2.05, 4.69) is 24.2 Å². The highest BCUT2D eigenvalue weighted by atomic mass is 16.5. The standard InChI is InChI=1S/C11H24N2O2/c1-6-14-7-8-15-11(12-9(2)3)13-10(4)5/h9-10H,6-8H2,1-5H3,(H,12,13). The third-order valence-corrected chi connectivity index (χ3v) is 1.46. The summed E-state index contributed by atoms with van der Waals surface area (Å²) in [6.45, 7) is 12.0. The summed E-state index contributed by atoms with van der Waals surface area (Å²) in [5.74, 6) is 0. The van der Waals surface area contributed by atoms with Gasteiger partial charge < -0.3 is 14.8 Å². The first-order chi connectivity index (χ1) is 7.06. The van der Waals surface area contributed by atoms with Crippen LogP contribution < -0.4 is 5.32 Å². The Morgan fingerprint density at radius 2 is 1.87 bits per heavy atom. The Hall–Kier alpha value is -0.770. The van der Waals surface area contributed by atoms with Gasteiger partial charge in [0, 0.05) is 18.7 Å². The van der Waals surface area contributed by atoms with E-state index in [9.17, 15) is 0 Å². The van der Waals surface area contributed by atoms with Crippen LogP contribution in [0.4, 0.5) is 0 Å². The molecule has 0 aliphatic carbocycles. The van der Waals surface area contributed by atoms with Crippen molar-refractivity contribution in [2.75, 3.05) is 19.8 Å². The lowest BCUT2D eigenvalue weighted by atomic mass is 10.4. The molecule has 0 spiro atoms. The number of hydrogen-bond acceptors (Lipinski definition) is 3. The van der Waals surface area contributed by atoms with Gasteiger partial charge in [-0.25, -0.2) is 4.99 Å². The molecule has 90 valence electrons. The Labute approximate surface area is 93.1 Å². The lowest BCUT2D eigenvalue weighted by molar-refractivity contribution is 0.103. The van der Waals surface area contributed by atoms with Crippen molar-refractivity contribution in [2.45, 2.75) is 46.7 Å². The molecule has 0 bridgehead atoms. The average molecular weight is 216 g/mol. The minimum absolute atomic E-state index is 0.235. The molecule has 0 fully saturated rings. The van der Waals surface area contributed by atoms with E-state index in [1.54, 1.807) is 0 Å². The molecule has 15 heavy (non-hydrogen) atoms. The number of rotatable bonds is 6. The normalized spacial score (nSPS) is 12.3. The molecule has 0 saturated carbocycles. The molecule has 0 atom stereocenters. The Morgan fingerprint density at radius 1 is 1.20 bits per heavy atom. The first-order valence-corrected chi connectivity index (χ1v) is 5.61. The van der Waals surface area contributed by atoms with Crippen LogP contribution in [0.25, 0.3) is 0 Å². The van der Waals surface area contributed by atoms with Crippen LogP contribution in [-0.2, 0) is 9.47 Å². The predicted octanol–water partition coefficient (Wildman–Crippen LogP) is 1.80. The largest absolute Gasteiger partial charge is 0.463 e. The lowest BCUT2D eigenvalue weighted by Crippen LogP contribution is -2.34. The number of nitrogens with zero attached hydrogens (tertiary/aromatic N) is 1. The highest BCUT2D eigenvalue weighted by Gasteiger charge is 2.03. The van der Waals surface area contributed by atoms with Crippen molar-refractivity contribution in [3.8, 4) is 0 Å². The molecular formula is C11H24N2O2. The van der Waals surface area contributed by atoms with E-state index in [1.165, 1.54) is 0 Å². The van der Waals surface area contributed by atoms with E-state index in [-0.39, 0.29) is 6.04 Å². The number of aliphatic imine (C=N–C) groups is 1. The van der Waals surface area contributed by atoms with Crippen LogP contribution in [0.15, 0.2) is 4.99 Å². The van der Waals surface area contributed by atoms with Gasteiger partial charge in [0.1, 0.15) is 6.61 Å². The van der Waals surface area contributed by atoms with Gasteiger partial charge in [-0.2, -0.15) is 0 Å². The summed E-state index contributed by atoms with van der Waals surface area (Å²) in [5, 5.41) is 3.16. The van der Waals surface area contributed by atoms with Gasteiger partial charge in [0.05, 0.1) is 6.61 Å². The fourth-order valence-electron chi connectivity index (χ4n) is 0.939. The molecule has 4 nitrogen and oxygen atoms in total. The van der Waals surface area contributed by atoms with E-state index in [1.807, 2.05) is 20.8 Å². The van der Waals surface area contributed by atoms with Crippen LogP contribution >= 0.6 is 0 Å². The fourth-order valence-corrected chi connectivity index (χ4v) is 0.939. The summed E-state index contributed by atoms with van der Waals surface area (Å²) in [4.78, 5) is 4.34. The van der Waals surface area contributed by atoms with E-state index in [0.717, 1.165) is 6.61 Å². The summed E-state index contributed by atoms with van der Waals surface area (Å²) in [7, 11) is 0. The van der Waals surface area contributed by atoms with Crippen molar-refractivity contribution in [2.24, 2.45) is 4.99 Å². The Morgan fingerprint density at radius 3 is 2.33 bits per heavy atom. The number of ether oxygens (including phenoxy) is 2. The molecular weight excluding hydrogens is 192 g/mol. The molecule has 0 aliphatic heterocycles. The van der Waals surface area contributed by atoms with E-state index >= 15 is 0 Å². The quantitative estimate of drug-likeness (QED) is 0.418. The molecule has 0 unspecified atom stereocenters. The van der Waals surface area contributed by atoms with Crippen LogP contribution in [0.1, 0.15) is 34.6 Å². The van der Waals surface area contributed by atoms with Crippen LogP contribution in [0, 0.1) is 0 Å². The summed E-state index contributed by atoms with van der Waals surface area (Å²) in [6, 6.07) is 1.17. The number of nitrogens with one attached hydrogen (secondary N) is 1.